The molecule has 3 aromatic rings. The van der Waals surface area contributed by atoms with Crippen molar-refractivity contribution in [1.82, 2.24) is 19.9 Å². The van der Waals surface area contributed by atoms with Crippen LogP contribution in [-0.4, -0.2) is 59.5 Å². The van der Waals surface area contributed by atoms with Crippen LogP contribution in [0.15, 0.2) is 30.6 Å². The van der Waals surface area contributed by atoms with Crippen molar-refractivity contribution < 1.29 is 9.53 Å². The first-order valence-corrected chi connectivity index (χ1v) is 11.0. The van der Waals surface area contributed by atoms with E-state index in [0.29, 0.717) is 30.1 Å². The number of nitrogens with one attached hydrogen (secondary N) is 2. The lowest BCUT2D eigenvalue weighted by atomic mass is 10.1. The number of nitrogens with zero attached hydrogens (tertiary/aromatic N) is 5. The van der Waals surface area contributed by atoms with Crippen molar-refractivity contribution >= 4 is 28.7 Å². The van der Waals surface area contributed by atoms with Gasteiger partial charge in [0, 0.05) is 49.2 Å². The highest BCUT2D eigenvalue weighted by molar-refractivity contribution is 6.04. The zero-order chi connectivity index (χ0) is 22.4. The van der Waals surface area contributed by atoms with Gasteiger partial charge in [-0.2, -0.15) is 5.10 Å². The van der Waals surface area contributed by atoms with Crippen molar-refractivity contribution in [3.05, 3.63) is 41.9 Å². The number of aryl methyl sites for hydroxylation is 1. The van der Waals surface area contributed by atoms with Crippen LogP contribution in [0.25, 0.3) is 5.52 Å². The summed E-state index contributed by atoms with van der Waals surface area (Å²) >= 11 is 0. The number of hydrogen-bond donors (Lipinski definition) is 2. The van der Waals surface area contributed by atoms with Gasteiger partial charge in [-0.3, -0.25) is 4.90 Å². The molecular formula is C23H29N7O2. The quantitative estimate of drug-likeness (QED) is 0.658. The molecule has 5 heterocycles. The molecule has 2 amide bonds. The maximum absolute atomic E-state index is 13.3. The lowest BCUT2D eigenvalue weighted by Crippen LogP contribution is -2.54. The number of carbonyl (C=O) groups excluding carboxylic acids is 1. The van der Waals surface area contributed by atoms with Crippen LogP contribution in [0.4, 0.5) is 22.0 Å². The average Bonchev–Trinajstić information content (AvgIpc) is 3.34. The maximum atomic E-state index is 13.3. The van der Waals surface area contributed by atoms with E-state index in [-0.39, 0.29) is 6.03 Å². The van der Waals surface area contributed by atoms with Gasteiger partial charge in [0.25, 0.3) is 0 Å². The van der Waals surface area contributed by atoms with E-state index in [2.05, 4.69) is 45.5 Å². The summed E-state index contributed by atoms with van der Waals surface area (Å²) in [6.07, 6.45) is 4.37. The summed E-state index contributed by atoms with van der Waals surface area (Å²) in [4.78, 5) is 22.0. The van der Waals surface area contributed by atoms with Gasteiger partial charge in [0.15, 0.2) is 5.75 Å². The predicted molar refractivity (Wildman–Crippen MR) is 125 cm³/mol. The highest BCUT2D eigenvalue weighted by Crippen LogP contribution is 2.35. The van der Waals surface area contributed by atoms with E-state index >= 15 is 0 Å². The molecule has 0 aromatic carbocycles. The number of hydrogen-bond acceptors (Lipinski definition) is 6. The highest BCUT2D eigenvalue weighted by atomic mass is 16.5. The fourth-order valence-electron chi connectivity index (χ4n) is 4.88. The molecule has 0 bridgehead atoms. The molecule has 32 heavy (non-hydrogen) atoms. The molecule has 0 spiro atoms. The Bertz CT molecular complexity index is 1160. The molecule has 9 nitrogen and oxygen atoms in total. The van der Waals surface area contributed by atoms with Crippen molar-refractivity contribution in [3.8, 4) is 5.75 Å². The molecule has 168 valence electrons. The summed E-state index contributed by atoms with van der Waals surface area (Å²) in [5.74, 6) is 1.29. The van der Waals surface area contributed by atoms with E-state index in [9.17, 15) is 4.79 Å². The zero-order valence-electron chi connectivity index (χ0n) is 18.9. The Hall–Kier alpha value is -3.33. The van der Waals surface area contributed by atoms with Crippen molar-refractivity contribution in [3.63, 3.8) is 0 Å². The SMILES string of the molecule is COc1cn2nc(C)cc2cc1NC(=O)N1CCc2c(N3C[C@@H](C)N[C@@H](C)C3)ccnc21. The topological polar surface area (TPSA) is 87.0 Å². The second-order valence-corrected chi connectivity index (χ2v) is 8.75. The number of rotatable bonds is 3. The Morgan fingerprint density at radius 1 is 1.25 bits per heavy atom. The van der Waals surface area contributed by atoms with Crippen LogP contribution >= 0.6 is 0 Å². The molecule has 0 unspecified atom stereocenters. The normalized spacial score (nSPS) is 20.5. The Labute approximate surface area is 187 Å². The van der Waals surface area contributed by atoms with Gasteiger partial charge in [-0.1, -0.05) is 0 Å². The minimum absolute atomic E-state index is 0.214. The van der Waals surface area contributed by atoms with Crippen molar-refractivity contribution in [2.75, 3.05) is 41.9 Å². The van der Waals surface area contributed by atoms with Crippen LogP contribution < -0.4 is 25.2 Å². The van der Waals surface area contributed by atoms with Gasteiger partial charge in [-0.15, -0.1) is 0 Å². The molecule has 3 aromatic heterocycles. The largest absolute Gasteiger partial charge is 0.493 e. The van der Waals surface area contributed by atoms with Crippen LogP contribution in [0.3, 0.4) is 0 Å². The zero-order valence-corrected chi connectivity index (χ0v) is 18.9. The Morgan fingerprint density at radius 3 is 2.78 bits per heavy atom. The highest BCUT2D eigenvalue weighted by Gasteiger charge is 2.31. The first-order valence-electron chi connectivity index (χ1n) is 11.0. The number of fused-ring (bicyclic) bond motifs is 2. The van der Waals surface area contributed by atoms with E-state index in [4.69, 9.17) is 4.74 Å². The van der Waals surface area contributed by atoms with E-state index in [0.717, 1.165) is 42.1 Å². The Morgan fingerprint density at radius 2 is 2.03 bits per heavy atom. The Kier molecular flexibility index (Phi) is 5.13. The second kappa shape index (κ2) is 7.98. The number of piperazine rings is 1. The lowest BCUT2D eigenvalue weighted by Gasteiger charge is -2.38. The van der Waals surface area contributed by atoms with Crippen LogP contribution in [0.5, 0.6) is 5.75 Å². The fraction of sp³-hybridized carbons (Fsp3) is 0.435. The third-order valence-electron chi connectivity index (χ3n) is 6.14. The van der Waals surface area contributed by atoms with E-state index in [1.807, 2.05) is 19.1 Å². The molecule has 1 saturated heterocycles. The summed E-state index contributed by atoms with van der Waals surface area (Å²) in [6, 6.07) is 6.53. The van der Waals surface area contributed by atoms with E-state index in [1.54, 1.807) is 28.9 Å². The maximum Gasteiger partial charge on any atom is 0.327 e. The second-order valence-electron chi connectivity index (χ2n) is 8.75. The summed E-state index contributed by atoms with van der Waals surface area (Å²) in [5.41, 5.74) is 4.72. The third kappa shape index (κ3) is 3.62. The molecule has 0 saturated carbocycles. The number of urea groups is 1. The molecule has 2 N–H and O–H groups in total. The Balaban J connectivity index is 1.41. The van der Waals surface area contributed by atoms with Gasteiger partial charge in [0.2, 0.25) is 0 Å². The summed E-state index contributed by atoms with van der Waals surface area (Å²) in [6.45, 7) is 8.82. The number of carbonyl (C=O) groups is 1. The van der Waals surface area contributed by atoms with Gasteiger partial charge >= 0.3 is 6.03 Å². The van der Waals surface area contributed by atoms with Gasteiger partial charge in [0.05, 0.1) is 30.2 Å². The molecule has 2 aliphatic rings. The summed E-state index contributed by atoms with van der Waals surface area (Å²) in [7, 11) is 1.58. The molecular weight excluding hydrogens is 406 g/mol. The molecule has 5 rings (SSSR count). The number of aromatic nitrogens is 3. The smallest absolute Gasteiger partial charge is 0.327 e. The van der Waals surface area contributed by atoms with Crippen molar-refractivity contribution in [1.29, 1.82) is 0 Å². The lowest BCUT2D eigenvalue weighted by molar-refractivity contribution is 0.257. The summed E-state index contributed by atoms with van der Waals surface area (Å²) in [5, 5.41) is 11.0. The fourth-order valence-corrected chi connectivity index (χ4v) is 4.88. The summed E-state index contributed by atoms with van der Waals surface area (Å²) < 4.78 is 7.24. The monoisotopic (exact) mass is 435 g/mol. The van der Waals surface area contributed by atoms with Crippen LogP contribution in [0.1, 0.15) is 25.1 Å². The predicted octanol–water partition coefficient (Wildman–Crippen LogP) is 2.83. The van der Waals surface area contributed by atoms with Gasteiger partial charge in [-0.25, -0.2) is 14.3 Å². The molecule has 1 fully saturated rings. The van der Waals surface area contributed by atoms with Gasteiger partial charge in [-0.05, 0) is 45.4 Å². The molecule has 9 heteroatoms. The third-order valence-corrected chi connectivity index (χ3v) is 6.14. The van der Waals surface area contributed by atoms with Crippen LogP contribution in [0.2, 0.25) is 0 Å². The minimum atomic E-state index is -0.214. The molecule has 2 aliphatic heterocycles. The number of pyridine rings is 2. The minimum Gasteiger partial charge on any atom is -0.493 e. The first-order chi connectivity index (χ1) is 15.4. The molecule has 0 aliphatic carbocycles. The van der Waals surface area contributed by atoms with Crippen LogP contribution in [-0.2, 0) is 6.42 Å². The molecule has 2 atom stereocenters. The van der Waals surface area contributed by atoms with E-state index in [1.165, 1.54) is 5.69 Å². The number of ether oxygens (including phenoxy) is 1. The number of anilines is 3. The number of methoxy groups -OCH3 is 1. The van der Waals surface area contributed by atoms with E-state index < -0.39 is 0 Å². The standard InChI is InChI=1S/C23H29N7O2/c1-14-9-17-10-19(21(32-4)13-30(17)27-14)26-23(31)29-8-6-18-20(5-7-24-22(18)29)28-11-15(2)25-16(3)12-28/h5,7,9-10,13,15-16,25H,6,8,11-12H2,1-4H3,(H,26,31)/t15-,16+. The molecule has 0 radical (unpaired) electrons. The van der Waals surface area contributed by atoms with Gasteiger partial charge in [0.1, 0.15) is 5.82 Å². The van der Waals surface area contributed by atoms with Crippen molar-refractivity contribution in [2.24, 2.45) is 0 Å². The first kappa shape index (κ1) is 20.6. The van der Waals surface area contributed by atoms with Gasteiger partial charge < -0.3 is 20.3 Å². The van der Waals surface area contributed by atoms with Crippen molar-refractivity contribution in [2.45, 2.75) is 39.3 Å². The van der Waals surface area contributed by atoms with Crippen LogP contribution in [0, 0.1) is 6.92 Å². The number of amides is 2. The average molecular weight is 436 g/mol.